The van der Waals surface area contributed by atoms with E-state index < -0.39 is 32.9 Å². The first-order chi connectivity index (χ1) is 9.23. The summed E-state index contributed by atoms with van der Waals surface area (Å²) in [6, 6.07) is -0.318. The zero-order chi connectivity index (χ0) is 15.1. The van der Waals surface area contributed by atoms with Gasteiger partial charge in [0, 0.05) is 19.3 Å². The van der Waals surface area contributed by atoms with Gasteiger partial charge in [-0.15, -0.1) is 0 Å². The summed E-state index contributed by atoms with van der Waals surface area (Å²) < 4.78 is 23.7. The lowest BCUT2D eigenvalue weighted by Gasteiger charge is -2.37. The first kappa shape index (κ1) is 15.3. The van der Waals surface area contributed by atoms with Crippen LogP contribution in [0.15, 0.2) is 0 Å². The number of carboxylic acids is 1. The topological polar surface area (TPSA) is 91.8 Å². The van der Waals surface area contributed by atoms with Crippen molar-refractivity contribution in [1.29, 1.82) is 0 Å². The number of carbonyl (C=O) groups excluding carboxylic acids is 1. The van der Waals surface area contributed by atoms with E-state index in [0.29, 0.717) is 19.3 Å². The summed E-state index contributed by atoms with van der Waals surface area (Å²) in [5, 5.41) is 8.36. The van der Waals surface area contributed by atoms with E-state index in [1.807, 2.05) is 0 Å². The van der Waals surface area contributed by atoms with E-state index in [1.54, 1.807) is 7.05 Å². The van der Waals surface area contributed by atoms with Gasteiger partial charge in [0.05, 0.1) is 17.1 Å². The minimum Gasteiger partial charge on any atom is -0.481 e. The molecular weight excluding hydrogens is 282 g/mol. The second-order valence-electron chi connectivity index (χ2n) is 5.96. The maximum Gasteiger partial charge on any atom is 0.307 e. The molecular formula is C13H21NO5S. The van der Waals surface area contributed by atoms with Crippen molar-refractivity contribution in [2.75, 3.05) is 13.3 Å². The van der Waals surface area contributed by atoms with Crippen LogP contribution in [0.3, 0.4) is 0 Å². The van der Waals surface area contributed by atoms with Gasteiger partial charge in [-0.1, -0.05) is 12.8 Å². The average Bonchev–Trinajstić information content (AvgIpc) is 3.16. The summed E-state index contributed by atoms with van der Waals surface area (Å²) in [5.41, 5.74) is 0. The SMILES string of the molecule is CN(C(=O)[C@@H]1C[C@@H]1C(=O)O)[C@H]1CCCC[C@H]1S(C)(=O)=O. The number of nitrogens with zero attached hydrogens (tertiary/aromatic N) is 1. The number of hydrogen-bond donors (Lipinski definition) is 1. The highest BCUT2D eigenvalue weighted by Gasteiger charge is 2.51. The standard InChI is InChI=1S/C13H21NO5S/c1-14(12(15)8-7-9(8)13(16)17)10-5-3-4-6-11(10)20(2,18)19/h8-11H,3-7H2,1-2H3,(H,16,17)/t8-,9+,10+,11-/m1/s1. The Kier molecular flexibility index (Phi) is 4.09. The molecule has 0 aromatic carbocycles. The van der Waals surface area contributed by atoms with Crippen LogP contribution < -0.4 is 0 Å². The molecule has 1 N–H and O–H groups in total. The molecule has 6 nitrogen and oxygen atoms in total. The van der Waals surface area contributed by atoms with Gasteiger partial charge in [-0.3, -0.25) is 9.59 Å². The van der Waals surface area contributed by atoms with Crippen LogP contribution in [-0.2, 0) is 19.4 Å². The van der Waals surface area contributed by atoms with Crippen molar-refractivity contribution < 1.29 is 23.1 Å². The molecule has 2 fully saturated rings. The van der Waals surface area contributed by atoms with Crippen molar-refractivity contribution in [2.45, 2.75) is 43.4 Å². The summed E-state index contributed by atoms with van der Waals surface area (Å²) in [6.45, 7) is 0. The van der Waals surface area contributed by atoms with Gasteiger partial charge in [-0.25, -0.2) is 8.42 Å². The molecule has 7 heteroatoms. The first-order valence-corrected chi connectivity index (χ1v) is 8.87. The molecule has 2 aliphatic rings. The number of rotatable bonds is 4. The van der Waals surface area contributed by atoms with Crippen molar-refractivity contribution in [3.63, 3.8) is 0 Å². The molecule has 1 amide bonds. The van der Waals surface area contributed by atoms with Crippen molar-refractivity contribution in [2.24, 2.45) is 11.8 Å². The highest BCUT2D eigenvalue weighted by molar-refractivity contribution is 7.91. The van der Waals surface area contributed by atoms with Gasteiger partial charge in [0.15, 0.2) is 9.84 Å². The molecule has 0 bridgehead atoms. The Balaban J connectivity index is 2.09. The van der Waals surface area contributed by atoms with Crippen LogP contribution in [0, 0.1) is 11.8 Å². The maximum absolute atomic E-state index is 12.3. The summed E-state index contributed by atoms with van der Waals surface area (Å²) in [6.07, 6.45) is 4.59. The Morgan fingerprint density at radius 1 is 1.15 bits per heavy atom. The van der Waals surface area contributed by atoms with Gasteiger partial charge < -0.3 is 10.0 Å². The Labute approximate surface area is 119 Å². The Hall–Kier alpha value is -1.11. The Morgan fingerprint density at radius 2 is 1.75 bits per heavy atom. The van der Waals surface area contributed by atoms with Crippen LogP contribution in [0.4, 0.5) is 0 Å². The first-order valence-electron chi connectivity index (χ1n) is 6.92. The van der Waals surface area contributed by atoms with Crippen LogP contribution in [0.1, 0.15) is 32.1 Å². The van der Waals surface area contributed by atoms with Gasteiger partial charge in [-0.05, 0) is 19.3 Å². The normalized spacial score (nSPS) is 33.5. The number of carboxylic acid groups (broad SMARTS) is 1. The molecule has 114 valence electrons. The third-order valence-corrected chi connectivity index (χ3v) is 6.14. The number of hydrogen-bond acceptors (Lipinski definition) is 4. The molecule has 20 heavy (non-hydrogen) atoms. The second-order valence-corrected chi connectivity index (χ2v) is 8.22. The zero-order valence-electron chi connectivity index (χ0n) is 11.8. The molecule has 2 rings (SSSR count). The molecule has 2 saturated carbocycles. The molecule has 0 spiro atoms. The number of amides is 1. The van der Waals surface area contributed by atoms with E-state index in [4.69, 9.17) is 5.11 Å². The molecule has 2 aliphatic carbocycles. The van der Waals surface area contributed by atoms with E-state index in [-0.39, 0.29) is 11.9 Å². The van der Waals surface area contributed by atoms with Crippen molar-refractivity contribution in [1.82, 2.24) is 4.90 Å². The van der Waals surface area contributed by atoms with Crippen LogP contribution in [0.25, 0.3) is 0 Å². The highest BCUT2D eigenvalue weighted by atomic mass is 32.2. The lowest BCUT2D eigenvalue weighted by Crippen LogP contribution is -2.49. The molecule has 0 aromatic rings. The van der Waals surface area contributed by atoms with Gasteiger partial charge in [0.25, 0.3) is 0 Å². The maximum atomic E-state index is 12.3. The highest BCUT2D eigenvalue weighted by Crippen LogP contribution is 2.41. The molecule has 4 atom stereocenters. The van der Waals surface area contributed by atoms with Gasteiger partial charge in [-0.2, -0.15) is 0 Å². The lowest BCUT2D eigenvalue weighted by molar-refractivity contribution is -0.142. The smallest absolute Gasteiger partial charge is 0.307 e. The van der Waals surface area contributed by atoms with E-state index in [0.717, 1.165) is 12.8 Å². The van der Waals surface area contributed by atoms with E-state index in [2.05, 4.69) is 0 Å². The Bertz CT molecular complexity index is 515. The minimum absolute atomic E-state index is 0.224. The van der Waals surface area contributed by atoms with Crippen LogP contribution in [0.2, 0.25) is 0 Å². The number of carbonyl (C=O) groups is 2. The van der Waals surface area contributed by atoms with Gasteiger partial charge >= 0.3 is 5.97 Å². The van der Waals surface area contributed by atoms with E-state index in [9.17, 15) is 18.0 Å². The fourth-order valence-electron chi connectivity index (χ4n) is 3.19. The molecule has 0 unspecified atom stereocenters. The fourth-order valence-corrected chi connectivity index (χ4v) is 4.67. The monoisotopic (exact) mass is 303 g/mol. The predicted molar refractivity (Wildman–Crippen MR) is 72.9 cm³/mol. The third-order valence-electron chi connectivity index (χ3n) is 4.49. The predicted octanol–water partition coefficient (Wildman–Crippen LogP) is 0.521. The minimum atomic E-state index is -3.20. The van der Waals surface area contributed by atoms with Crippen molar-refractivity contribution in [3.05, 3.63) is 0 Å². The van der Waals surface area contributed by atoms with Crippen LogP contribution >= 0.6 is 0 Å². The Morgan fingerprint density at radius 3 is 2.25 bits per heavy atom. The van der Waals surface area contributed by atoms with Gasteiger partial charge in [0.1, 0.15) is 0 Å². The average molecular weight is 303 g/mol. The third kappa shape index (κ3) is 2.97. The lowest BCUT2D eigenvalue weighted by atomic mass is 9.93. The van der Waals surface area contributed by atoms with E-state index in [1.165, 1.54) is 11.2 Å². The number of aliphatic carboxylic acids is 1. The molecule has 0 aromatic heterocycles. The second kappa shape index (κ2) is 5.35. The zero-order valence-corrected chi connectivity index (χ0v) is 12.6. The molecule has 0 saturated heterocycles. The van der Waals surface area contributed by atoms with Crippen molar-refractivity contribution in [3.8, 4) is 0 Å². The molecule has 0 radical (unpaired) electrons. The molecule has 0 aliphatic heterocycles. The summed E-state index contributed by atoms with van der Waals surface area (Å²) in [5.74, 6) is -2.23. The summed E-state index contributed by atoms with van der Waals surface area (Å²) in [4.78, 5) is 24.6. The summed E-state index contributed by atoms with van der Waals surface area (Å²) in [7, 11) is -1.59. The van der Waals surface area contributed by atoms with Crippen LogP contribution in [-0.4, -0.2) is 54.9 Å². The van der Waals surface area contributed by atoms with Crippen LogP contribution in [0.5, 0.6) is 0 Å². The van der Waals surface area contributed by atoms with Crippen molar-refractivity contribution >= 4 is 21.7 Å². The summed E-state index contributed by atoms with van der Waals surface area (Å²) >= 11 is 0. The van der Waals surface area contributed by atoms with Gasteiger partial charge in [0.2, 0.25) is 5.91 Å². The fraction of sp³-hybridized carbons (Fsp3) is 0.846. The quantitative estimate of drug-likeness (QED) is 0.817. The van der Waals surface area contributed by atoms with E-state index >= 15 is 0 Å². The largest absolute Gasteiger partial charge is 0.481 e. The number of sulfone groups is 1. The molecule has 0 heterocycles.